The zero-order chi connectivity index (χ0) is 25.2. The third kappa shape index (κ3) is 5.27. The van der Waals surface area contributed by atoms with Gasteiger partial charge >= 0.3 is 5.97 Å². The van der Waals surface area contributed by atoms with E-state index in [-0.39, 0.29) is 45.4 Å². The van der Waals surface area contributed by atoms with Gasteiger partial charge in [0.25, 0.3) is 11.5 Å². The highest BCUT2D eigenvalue weighted by molar-refractivity contribution is 6.50. The molecule has 0 fully saturated rings. The van der Waals surface area contributed by atoms with Crippen molar-refractivity contribution in [3.05, 3.63) is 50.4 Å². The minimum Gasteiger partial charge on any atom is -0.453 e. The number of amides is 1. The third-order valence-corrected chi connectivity index (χ3v) is 5.24. The number of hydrogen-bond acceptors (Lipinski definition) is 8. The fourth-order valence-corrected chi connectivity index (χ4v) is 3.59. The molecule has 0 bridgehead atoms. The summed E-state index contributed by atoms with van der Waals surface area (Å²) in [5, 5.41) is 13.7. The minimum absolute atomic E-state index is 0.00439. The van der Waals surface area contributed by atoms with Gasteiger partial charge in [0.15, 0.2) is 12.5 Å². The minimum atomic E-state index is -0.675. The van der Waals surface area contributed by atoms with Gasteiger partial charge in [-0.25, -0.2) is 0 Å². The molecule has 1 aliphatic rings. The second-order valence-electron chi connectivity index (χ2n) is 7.53. The summed E-state index contributed by atoms with van der Waals surface area (Å²) in [6, 6.07) is 5.86. The van der Waals surface area contributed by atoms with Crippen molar-refractivity contribution in [1.82, 2.24) is 4.57 Å². The molecule has 34 heavy (non-hydrogen) atoms. The van der Waals surface area contributed by atoms with Crippen LogP contribution in [0.2, 0.25) is 10.0 Å². The first kappa shape index (κ1) is 25.0. The molecule has 0 N–H and O–H groups in total. The number of esters is 1. The van der Waals surface area contributed by atoms with Crippen molar-refractivity contribution in [2.24, 2.45) is 5.10 Å². The molecule has 0 unspecified atom stereocenters. The molecule has 1 amide bonds. The Bertz CT molecular complexity index is 1300. The average molecular weight is 505 g/mol. The number of ether oxygens (including phenoxy) is 2. The van der Waals surface area contributed by atoms with Crippen LogP contribution in [0.15, 0.2) is 34.3 Å². The highest BCUT2D eigenvalue weighted by Gasteiger charge is 2.29. The number of carbonyl (C=O) groups excluding carboxylic acids is 3. The van der Waals surface area contributed by atoms with Crippen molar-refractivity contribution in [1.29, 1.82) is 5.26 Å². The number of hydrazone groups is 1. The number of ketones is 1. The van der Waals surface area contributed by atoms with Crippen molar-refractivity contribution < 1.29 is 23.9 Å². The van der Waals surface area contributed by atoms with E-state index >= 15 is 0 Å². The molecule has 0 saturated heterocycles. The quantitative estimate of drug-likeness (QED) is 0.431. The largest absolute Gasteiger partial charge is 0.453 e. The number of halogens is 2. The monoisotopic (exact) mass is 504 g/mol. The van der Waals surface area contributed by atoms with Crippen LogP contribution in [0.5, 0.6) is 11.5 Å². The zero-order valence-electron chi connectivity index (χ0n) is 18.3. The predicted octanol–water partition coefficient (Wildman–Crippen LogP) is 3.78. The van der Waals surface area contributed by atoms with Gasteiger partial charge < -0.3 is 9.47 Å². The van der Waals surface area contributed by atoms with Crippen molar-refractivity contribution in [2.75, 3.05) is 5.01 Å². The first-order valence-corrected chi connectivity index (χ1v) is 10.7. The number of pyridine rings is 1. The van der Waals surface area contributed by atoms with E-state index in [0.717, 1.165) is 5.01 Å². The van der Waals surface area contributed by atoms with E-state index in [1.54, 1.807) is 6.07 Å². The normalized spacial score (nSPS) is 13.6. The maximum atomic E-state index is 12.7. The van der Waals surface area contributed by atoms with Gasteiger partial charge in [-0.2, -0.15) is 15.4 Å². The van der Waals surface area contributed by atoms with E-state index < -0.39 is 29.8 Å². The number of rotatable bonds is 6. The number of nitriles is 1. The summed E-state index contributed by atoms with van der Waals surface area (Å²) in [7, 11) is 0. The molecule has 0 atom stereocenters. The summed E-state index contributed by atoms with van der Waals surface area (Å²) >= 11 is 12.7. The Morgan fingerprint density at radius 3 is 2.41 bits per heavy atom. The summed E-state index contributed by atoms with van der Waals surface area (Å²) in [6.07, 6.45) is 0.836. The Morgan fingerprint density at radius 2 is 1.85 bits per heavy atom. The molecular formula is C22H18Cl2N4O6. The lowest BCUT2D eigenvalue weighted by Gasteiger charge is -2.22. The average Bonchev–Trinajstić information content (AvgIpc) is 2.75. The number of benzene rings is 1. The van der Waals surface area contributed by atoms with Crippen LogP contribution >= 0.6 is 23.2 Å². The third-order valence-electron chi connectivity index (χ3n) is 4.68. The molecule has 3 rings (SSSR count). The fourth-order valence-electron chi connectivity index (χ4n) is 3.03. The van der Waals surface area contributed by atoms with Crippen LogP contribution in [-0.2, 0) is 25.9 Å². The Hall–Kier alpha value is -3.68. The van der Waals surface area contributed by atoms with E-state index in [1.807, 2.05) is 13.8 Å². The summed E-state index contributed by atoms with van der Waals surface area (Å²) in [5.74, 6) is -1.80. The van der Waals surface area contributed by atoms with Gasteiger partial charge in [-0.3, -0.25) is 23.7 Å². The van der Waals surface area contributed by atoms with Crippen LogP contribution in [-0.4, -0.2) is 27.9 Å². The van der Waals surface area contributed by atoms with E-state index in [9.17, 15) is 19.2 Å². The SMILES string of the molecule is CC(=O)OCn1cc(Oc2c(Cl)cc(N3N=C(C#N)C(=O)CC3=O)cc2Cl)cc(C(C)C)c1=O. The predicted molar refractivity (Wildman–Crippen MR) is 123 cm³/mol. The van der Waals surface area contributed by atoms with Crippen LogP contribution in [0.1, 0.15) is 38.7 Å². The van der Waals surface area contributed by atoms with Crippen molar-refractivity contribution >= 4 is 52.3 Å². The van der Waals surface area contributed by atoms with Crippen LogP contribution in [0.4, 0.5) is 5.69 Å². The molecule has 0 aliphatic carbocycles. The zero-order valence-corrected chi connectivity index (χ0v) is 19.8. The molecule has 176 valence electrons. The van der Waals surface area contributed by atoms with Crippen LogP contribution in [0.3, 0.4) is 0 Å². The molecular weight excluding hydrogens is 487 g/mol. The summed E-state index contributed by atoms with van der Waals surface area (Å²) in [5.41, 5.74) is -0.213. The molecule has 1 aliphatic heterocycles. The lowest BCUT2D eigenvalue weighted by atomic mass is 10.1. The number of anilines is 1. The van der Waals surface area contributed by atoms with Gasteiger partial charge in [-0.15, -0.1) is 0 Å². The van der Waals surface area contributed by atoms with Crippen LogP contribution in [0.25, 0.3) is 0 Å². The Labute approximate surface area is 203 Å². The number of Topliss-reactive ketones (excluding diaryl/α,β-unsaturated/α-hetero) is 1. The van der Waals surface area contributed by atoms with E-state index in [4.69, 9.17) is 37.9 Å². The smallest absolute Gasteiger partial charge is 0.304 e. The maximum Gasteiger partial charge on any atom is 0.304 e. The van der Waals surface area contributed by atoms with Gasteiger partial charge in [0.2, 0.25) is 11.5 Å². The van der Waals surface area contributed by atoms with E-state index in [2.05, 4.69) is 5.10 Å². The number of carbonyl (C=O) groups is 3. The molecule has 2 aromatic rings. The van der Waals surface area contributed by atoms with Gasteiger partial charge in [0.1, 0.15) is 11.8 Å². The second-order valence-corrected chi connectivity index (χ2v) is 8.35. The standard InChI is InChI=1S/C22H18Cl2N4O6/c1-11(2)15-6-14(9-27(22(15)32)10-33-12(3)29)34-21-16(23)4-13(5-17(21)24)28-20(31)7-19(30)18(8-25)26-28/h4-6,9,11H,7,10H2,1-3H3. The summed E-state index contributed by atoms with van der Waals surface area (Å²) in [4.78, 5) is 47.8. The van der Waals surface area contributed by atoms with Crippen molar-refractivity contribution in [3.63, 3.8) is 0 Å². The Kier molecular flexibility index (Phi) is 7.39. The fraction of sp³-hybridized carbons (Fsp3) is 0.273. The van der Waals surface area contributed by atoms with Gasteiger partial charge in [0.05, 0.1) is 28.4 Å². The second kappa shape index (κ2) is 10.1. The molecule has 10 nitrogen and oxygen atoms in total. The lowest BCUT2D eigenvalue weighted by molar-refractivity contribution is -0.144. The molecule has 2 heterocycles. The van der Waals surface area contributed by atoms with Crippen LogP contribution in [0, 0.1) is 11.3 Å². The Morgan fingerprint density at radius 1 is 1.21 bits per heavy atom. The summed E-state index contributed by atoms with van der Waals surface area (Å²) in [6.45, 7) is 4.56. The Balaban J connectivity index is 2.00. The highest BCUT2D eigenvalue weighted by atomic mass is 35.5. The van der Waals surface area contributed by atoms with Gasteiger partial charge in [-0.05, 0) is 24.1 Å². The first-order chi connectivity index (χ1) is 16.0. The molecule has 1 aromatic heterocycles. The summed E-state index contributed by atoms with van der Waals surface area (Å²) < 4.78 is 12.0. The number of aromatic nitrogens is 1. The molecule has 1 aromatic carbocycles. The van der Waals surface area contributed by atoms with Gasteiger partial charge in [0, 0.05) is 12.5 Å². The van der Waals surface area contributed by atoms with E-state index in [0.29, 0.717) is 5.56 Å². The van der Waals surface area contributed by atoms with Crippen molar-refractivity contribution in [2.45, 2.75) is 39.8 Å². The highest BCUT2D eigenvalue weighted by Crippen LogP contribution is 2.40. The molecule has 12 heteroatoms. The topological polar surface area (TPSA) is 131 Å². The van der Waals surface area contributed by atoms with Crippen LogP contribution < -0.4 is 15.3 Å². The first-order valence-electron chi connectivity index (χ1n) is 9.91. The maximum absolute atomic E-state index is 12.7. The van der Waals surface area contributed by atoms with Gasteiger partial charge in [-0.1, -0.05) is 37.0 Å². The van der Waals surface area contributed by atoms with E-state index in [1.165, 1.54) is 35.9 Å². The molecule has 0 radical (unpaired) electrons. The molecule has 0 spiro atoms. The molecule has 0 saturated carbocycles. The van der Waals surface area contributed by atoms with Crippen molar-refractivity contribution in [3.8, 4) is 17.6 Å². The number of hydrogen-bond donors (Lipinski definition) is 0. The number of nitrogens with zero attached hydrogens (tertiary/aromatic N) is 4. The lowest BCUT2D eigenvalue weighted by Crippen LogP contribution is -2.36.